The number of aliphatic hydroxyl groups is 1. The quantitative estimate of drug-likeness (QED) is 0.0599. The summed E-state index contributed by atoms with van der Waals surface area (Å²) >= 11 is 0. The van der Waals surface area contributed by atoms with Crippen LogP contribution in [0.15, 0.2) is 0 Å². The van der Waals surface area contributed by atoms with E-state index in [1.165, 1.54) is 186 Å². The van der Waals surface area contributed by atoms with Crippen LogP contribution in [-0.4, -0.2) is 24.3 Å². The molecule has 0 aromatic rings. The van der Waals surface area contributed by atoms with Gasteiger partial charge in [-0.2, -0.15) is 0 Å². The number of hydrogen-bond donors (Lipinski definition) is 1. The topological polar surface area (TPSA) is 46.5 Å². The summed E-state index contributed by atoms with van der Waals surface area (Å²) in [5.74, 6) is 0.615. The van der Waals surface area contributed by atoms with E-state index in [0.29, 0.717) is 25.6 Å². The number of rotatable bonds is 35. The Balaban J connectivity index is 3.78. The summed E-state index contributed by atoms with van der Waals surface area (Å²) < 4.78 is 5.80. The summed E-state index contributed by atoms with van der Waals surface area (Å²) in [4.78, 5) is 12.4. The first-order chi connectivity index (χ1) is 20.2. The van der Waals surface area contributed by atoms with E-state index < -0.39 is 0 Å². The van der Waals surface area contributed by atoms with Crippen LogP contribution in [0.5, 0.6) is 0 Å². The van der Waals surface area contributed by atoms with Crippen molar-refractivity contribution in [3.05, 3.63) is 0 Å². The zero-order valence-corrected chi connectivity index (χ0v) is 28.4. The maximum Gasteiger partial charge on any atom is 0.305 e. The van der Waals surface area contributed by atoms with Gasteiger partial charge in [0.05, 0.1) is 6.61 Å². The van der Waals surface area contributed by atoms with Gasteiger partial charge in [-0.3, -0.25) is 4.79 Å². The Morgan fingerprint density at radius 1 is 0.463 bits per heavy atom. The Hall–Kier alpha value is -0.570. The zero-order chi connectivity index (χ0) is 29.9. The highest BCUT2D eigenvalue weighted by Crippen LogP contribution is 2.21. The first kappa shape index (κ1) is 40.4. The van der Waals surface area contributed by atoms with Crippen molar-refractivity contribution in [1.82, 2.24) is 0 Å². The number of carbonyl (C=O) groups excluding carboxylic acids is 1. The van der Waals surface area contributed by atoms with Crippen LogP contribution >= 0.6 is 0 Å². The van der Waals surface area contributed by atoms with E-state index in [0.717, 1.165) is 12.8 Å². The molecule has 1 N–H and O–H groups in total. The largest absolute Gasteiger partial charge is 0.465 e. The SMILES string of the molecule is CCCCCCCCCCC(CCCCCCCC)COC(=O)CCCCCCCCCCCCCCCCCO. The van der Waals surface area contributed by atoms with E-state index >= 15 is 0 Å². The fraction of sp³-hybridized carbons (Fsp3) is 0.974. The molecule has 0 fully saturated rings. The van der Waals surface area contributed by atoms with Crippen molar-refractivity contribution in [3.63, 3.8) is 0 Å². The Kier molecular flexibility index (Phi) is 35.1. The van der Waals surface area contributed by atoms with Gasteiger partial charge in [0.1, 0.15) is 0 Å². The molecule has 3 nitrogen and oxygen atoms in total. The van der Waals surface area contributed by atoms with Gasteiger partial charge in [-0.1, -0.05) is 187 Å². The van der Waals surface area contributed by atoms with Crippen molar-refractivity contribution >= 4 is 5.97 Å². The second-order valence-corrected chi connectivity index (χ2v) is 13.1. The summed E-state index contributed by atoms with van der Waals surface area (Å²) in [6.45, 7) is 5.58. The summed E-state index contributed by atoms with van der Waals surface area (Å²) in [7, 11) is 0. The molecule has 1 atom stereocenters. The van der Waals surface area contributed by atoms with Crippen molar-refractivity contribution in [1.29, 1.82) is 0 Å². The molecular weight excluding hydrogens is 504 g/mol. The molecule has 0 saturated heterocycles. The summed E-state index contributed by atoms with van der Waals surface area (Å²) in [5, 5.41) is 8.81. The van der Waals surface area contributed by atoms with Gasteiger partial charge >= 0.3 is 5.97 Å². The van der Waals surface area contributed by atoms with Gasteiger partial charge in [0.15, 0.2) is 0 Å². The molecule has 246 valence electrons. The lowest BCUT2D eigenvalue weighted by Gasteiger charge is -2.17. The molecular formula is C38H76O3. The van der Waals surface area contributed by atoms with Crippen molar-refractivity contribution in [2.75, 3.05) is 13.2 Å². The van der Waals surface area contributed by atoms with Gasteiger partial charge in [-0.25, -0.2) is 0 Å². The maximum absolute atomic E-state index is 12.4. The zero-order valence-electron chi connectivity index (χ0n) is 28.4. The number of hydrogen-bond acceptors (Lipinski definition) is 3. The van der Waals surface area contributed by atoms with Gasteiger partial charge in [0, 0.05) is 13.0 Å². The van der Waals surface area contributed by atoms with Gasteiger partial charge < -0.3 is 9.84 Å². The first-order valence-electron chi connectivity index (χ1n) is 19.0. The summed E-state index contributed by atoms with van der Waals surface area (Å²) in [6, 6.07) is 0. The highest BCUT2D eigenvalue weighted by molar-refractivity contribution is 5.69. The van der Waals surface area contributed by atoms with Crippen LogP contribution < -0.4 is 0 Å². The molecule has 0 rings (SSSR count). The summed E-state index contributed by atoms with van der Waals surface area (Å²) in [6.07, 6.45) is 41.3. The number of esters is 1. The molecule has 0 bridgehead atoms. The lowest BCUT2D eigenvalue weighted by Crippen LogP contribution is -2.14. The molecule has 3 heteroatoms. The molecule has 0 aromatic carbocycles. The molecule has 0 aliphatic rings. The molecule has 0 heterocycles. The van der Waals surface area contributed by atoms with E-state index in [2.05, 4.69) is 13.8 Å². The van der Waals surface area contributed by atoms with Crippen LogP contribution in [0.2, 0.25) is 0 Å². The van der Waals surface area contributed by atoms with Crippen molar-refractivity contribution in [3.8, 4) is 0 Å². The van der Waals surface area contributed by atoms with E-state index in [-0.39, 0.29) is 5.97 Å². The minimum absolute atomic E-state index is 0.0438. The molecule has 0 spiro atoms. The number of aliphatic hydroxyl groups excluding tert-OH is 1. The highest BCUT2D eigenvalue weighted by Gasteiger charge is 2.12. The minimum Gasteiger partial charge on any atom is -0.465 e. The van der Waals surface area contributed by atoms with E-state index in [1.54, 1.807) is 0 Å². The normalized spacial score (nSPS) is 12.2. The molecule has 0 aliphatic heterocycles. The monoisotopic (exact) mass is 581 g/mol. The number of carbonyl (C=O) groups is 1. The second kappa shape index (κ2) is 35.6. The van der Waals surface area contributed by atoms with Crippen LogP contribution in [0.3, 0.4) is 0 Å². The standard InChI is InChI=1S/C38H76O3/c1-3-5-7-9-11-21-25-29-33-37(32-28-24-10-8-6-4-2)36-41-38(40)34-30-26-22-19-17-15-13-12-14-16-18-20-23-27-31-35-39/h37,39H,3-36H2,1-2H3. The van der Waals surface area contributed by atoms with E-state index in [9.17, 15) is 4.79 Å². The molecule has 0 amide bonds. The van der Waals surface area contributed by atoms with Crippen LogP contribution in [0.1, 0.15) is 219 Å². The molecule has 0 saturated carbocycles. The third-order valence-electron chi connectivity index (χ3n) is 8.95. The molecule has 41 heavy (non-hydrogen) atoms. The Morgan fingerprint density at radius 3 is 1.15 bits per heavy atom. The fourth-order valence-corrected chi connectivity index (χ4v) is 6.05. The fourth-order valence-electron chi connectivity index (χ4n) is 6.05. The first-order valence-corrected chi connectivity index (χ1v) is 19.0. The predicted octanol–water partition coefficient (Wildman–Crippen LogP) is 12.7. The van der Waals surface area contributed by atoms with Gasteiger partial charge in [-0.05, 0) is 31.6 Å². The second-order valence-electron chi connectivity index (χ2n) is 13.1. The third-order valence-corrected chi connectivity index (χ3v) is 8.95. The Bertz CT molecular complexity index is 492. The van der Waals surface area contributed by atoms with Crippen LogP contribution in [-0.2, 0) is 9.53 Å². The average molecular weight is 581 g/mol. The van der Waals surface area contributed by atoms with Crippen LogP contribution in [0.25, 0.3) is 0 Å². The molecule has 0 aliphatic carbocycles. The molecule has 0 radical (unpaired) electrons. The van der Waals surface area contributed by atoms with Gasteiger partial charge in [0.25, 0.3) is 0 Å². The number of ether oxygens (including phenoxy) is 1. The van der Waals surface area contributed by atoms with Crippen molar-refractivity contribution < 1.29 is 14.6 Å². The average Bonchev–Trinajstić information content (AvgIpc) is 2.98. The van der Waals surface area contributed by atoms with Crippen molar-refractivity contribution in [2.45, 2.75) is 219 Å². The number of unbranched alkanes of at least 4 members (excludes halogenated alkanes) is 26. The lowest BCUT2D eigenvalue weighted by molar-refractivity contribution is -0.145. The summed E-state index contributed by atoms with van der Waals surface area (Å²) in [5.41, 5.74) is 0. The van der Waals surface area contributed by atoms with Crippen LogP contribution in [0.4, 0.5) is 0 Å². The molecule has 0 aromatic heterocycles. The van der Waals surface area contributed by atoms with Crippen LogP contribution in [0, 0.1) is 5.92 Å². The smallest absolute Gasteiger partial charge is 0.305 e. The van der Waals surface area contributed by atoms with Gasteiger partial charge in [-0.15, -0.1) is 0 Å². The van der Waals surface area contributed by atoms with E-state index in [4.69, 9.17) is 9.84 Å². The molecule has 1 unspecified atom stereocenters. The third kappa shape index (κ3) is 33.8. The highest BCUT2D eigenvalue weighted by atomic mass is 16.5. The minimum atomic E-state index is 0.0438. The predicted molar refractivity (Wildman–Crippen MR) is 181 cm³/mol. The van der Waals surface area contributed by atoms with E-state index in [1.807, 2.05) is 0 Å². The Morgan fingerprint density at radius 2 is 0.780 bits per heavy atom. The van der Waals surface area contributed by atoms with Gasteiger partial charge in [0.2, 0.25) is 0 Å². The maximum atomic E-state index is 12.4. The Labute approximate surface area is 258 Å². The lowest BCUT2D eigenvalue weighted by atomic mass is 9.94. The van der Waals surface area contributed by atoms with Crippen molar-refractivity contribution in [2.24, 2.45) is 5.92 Å².